The number of carbonyl (C=O) groups is 1. The van der Waals surface area contributed by atoms with Gasteiger partial charge in [0, 0.05) is 23.2 Å². The number of sulfone groups is 1. The predicted octanol–water partition coefficient (Wildman–Crippen LogP) is 4.21. The zero-order valence-electron chi connectivity index (χ0n) is 16.3. The Balaban J connectivity index is 1.76. The highest BCUT2D eigenvalue weighted by Crippen LogP contribution is 2.29. The molecular weight excluding hydrogens is 395 g/mol. The Hall–Kier alpha value is -3.00. The number of aryl methyl sites for hydroxylation is 2. The van der Waals surface area contributed by atoms with E-state index in [1.807, 2.05) is 13.8 Å². The molecule has 2 aromatic carbocycles. The fourth-order valence-electron chi connectivity index (χ4n) is 2.85. The number of rotatable bonds is 6. The van der Waals surface area contributed by atoms with Gasteiger partial charge in [-0.25, -0.2) is 12.8 Å². The highest BCUT2D eigenvalue weighted by Gasteiger charge is 2.21. The van der Waals surface area contributed by atoms with Crippen LogP contribution < -0.4 is 5.32 Å². The van der Waals surface area contributed by atoms with Gasteiger partial charge in [-0.1, -0.05) is 17.3 Å². The number of anilines is 1. The average Bonchev–Trinajstić information content (AvgIpc) is 3.01. The minimum atomic E-state index is -3.70. The van der Waals surface area contributed by atoms with Crippen LogP contribution >= 0.6 is 0 Å². The van der Waals surface area contributed by atoms with Gasteiger partial charge in [0.2, 0.25) is 5.91 Å². The first-order valence-corrected chi connectivity index (χ1v) is 10.6. The quantitative estimate of drug-likeness (QED) is 0.650. The monoisotopic (exact) mass is 416 g/mol. The molecule has 8 heteroatoms. The molecule has 1 aromatic heterocycles. The van der Waals surface area contributed by atoms with Crippen molar-refractivity contribution >= 4 is 21.4 Å². The van der Waals surface area contributed by atoms with Crippen molar-refractivity contribution in [3.8, 4) is 11.3 Å². The van der Waals surface area contributed by atoms with Crippen LogP contribution in [0, 0.1) is 26.6 Å². The minimum absolute atomic E-state index is 0.151. The number of halogens is 1. The molecule has 0 aliphatic carbocycles. The maximum atomic E-state index is 12.9. The van der Waals surface area contributed by atoms with Crippen LogP contribution in [0.15, 0.2) is 51.9 Å². The number of carbonyl (C=O) groups excluding carboxylic acids is 1. The first-order valence-electron chi connectivity index (χ1n) is 8.99. The predicted molar refractivity (Wildman–Crippen MR) is 108 cm³/mol. The topological polar surface area (TPSA) is 89.3 Å². The molecule has 0 saturated carbocycles. The fraction of sp³-hybridized carbons (Fsp3) is 0.238. The normalized spacial score (nSPS) is 11.4. The smallest absolute Gasteiger partial charge is 0.225 e. The average molecular weight is 416 g/mol. The number of hydrogen-bond acceptors (Lipinski definition) is 5. The second-order valence-corrected chi connectivity index (χ2v) is 8.90. The molecule has 0 saturated heterocycles. The molecule has 29 heavy (non-hydrogen) atoms. The highest BCUT2D eigenvalue weighted by atomic mass is 32.2. The second-order valence-electron chi connectivity index (χ2n) is 6.83. The Morgan fingerprint density at radius 3 is 2.41 bits per heavy atom. The second kappa shape index (κ2) is 8.16. The van der Waals surface area contributed by atoms with Crippen molar-refractivity contribution < 1.29 is 22.1 Å². The van der Waals surface area contributed by atoms with Gasteiger partial charge >= 0.3 is 0 Å². The third-order valence-corrected chi connectivity index (χ3v) is 6.52. The number of aromatic nitrogens is 1. The van der Waals surface area contributed by atoms with Crippen LogP contribution in [0.4, 0.5) is 10.1 Å². The molecule has 6 nitrogen and oxygen atoms in total. The largest absolute Gasteiger partial charge is 0.356 e. The van der Waals surface area contributed by atoms with E-state index in [1.165, 1.54) is 24.3 Å². The van der Waals surface area contributed by atoms with E-state index in [0.717, 1.165) is 11.3 Å². The van der Waals surface area contributed by atoms with Crippen molar-refractivity contribution in [2.45, 2.75) is 32.1 Å². The summed E-state index contributed by atoms with van der Waals surface area (Å²) in [5, 5.41) is 6.47. The van der Waals surface area contributed by atoms with Gasteiger partial charge in [-0.2, -0.15) is 0 Å². The van der Waals surface area contributed by atoms with Crippen molar-refractivity contribution in [1.82, 2.24) is 5.16 Å². The molecule has 152 valence electrons. The van der Waals surface area contributed by atoms with Crippen molar-refractivity contribution in [3.05, 3.63) is 65.1 Å². The van der Waals surface area contributed by atoms with Crippen LogP contribution in [0.3, 0.4) is 0 Å². The van der Waals surface area contributed by atoms with E-state index in [9.17, 15) is 17.6 Å². The van der Waals surface area contributed by atoms with Gasteiger partial charge in [-0.3, -0.25) is 4.79 Å². The Morgan fingerprint density at radius 2 is 1.79 bits per heavy atom. The molecule has 1 amide bonds. The van der Waals surface area contributed by atoms with E-state index in [-0.39, 0.29) is 17.1 Å². The lowest BCUT2D eigenvalue weighted by Crippen LogP contribution is -2.18. The molecule has 0 aliphatic heterocycles. The first-order chi connectivity index (χ1) is 13.7. The standard InChI is InChI=1S/C21H21FN2O4S/c1-13-4-5-16(21-14(2)15(3)24-28-21)12-19(13)29(26,27)11-10-20(25)23-18-8-6-17(22)7-9-18/h4-9,12H,10-11H2,1-3H3,(H,23,25). The zero-order chi connectivity index (χ0) is 21.2. The SMILES string of the molecule is Cc1ccc(-c2onc(C)c2C)cc1S(=O)(=O)CCC(=O)Nc1ccc(F)cc1. The lowest BCUT2D eigenvalue weighted by molar-refractivity contribution is -0.115. The van der Waals surface area contributed by atoms with Crippen LogP contribution in [0.2, 0.25) is 0 Å². The van der Waals surface area contributed by atoms with E-state index < -0.39 is 21.6 Å². The summed E-state index contributed by atoms with van der Waals surface area (Å²) in [6, 6.07) is 10.3. The number of amides is 1. The highest BCUT2D eigenvalue weighted by molar-refractivity contribution is 7.91. The Kier molecular flexibility index (Phi) is 5.83. The van der Waals surface area contributed by atoms with Gasteiger partial charge in [-0.05, 0) is 56.7 Å². The van der Waals surface area contributed by atoms with Crippen molar-refractivity contribution in [2.75, 3.05) is 11.1 Å². The van der Waals surface area contributed by atoms with Gasteiger partial charge < -0.3 is 9.84 Å². The van der Waals surface area contributed by atoms with Crippen LogP contribution in [0.25, 0.3) is 11.3 Å². The molecule has 0 unspecified atom stereocenters. The van der Waals surface area contributed by atoms with Gasteiger partial charge in [0.15, 0.2) is 15.6 Å². The van der Waals surface area contributed by atoms with Crippen molar-refractivity contribution in [3.63, 3.8) is 0 Å². The Morgan fingerprint density at radius 1 is 1.10 bits per heavy atom. The van der Waals surface area contributed by atoms with Crippen LogP contribution in [0.5, 0.6) is 0 Å². The molecule has 3 rings (SSSR count). The molecule has 1 heterocycles. The lowest BCUT2D eigenvalue weighted by Gasteiger charge is -2.10. The minimum Gasteiger partial charge on any atom is -0.356 e. The van der Waals surface area contributed by atoms with Gasteiger partial charge in [-0.15, -0.1) is 0 Å². The van der Waals surface area contributed by atoms with E-state index >= 15 is 0 Å². The first kappa shape index (κ1) is 20.7. The van der Waals surface area contributed by atoms with Crippen molar-refractivity contribution in [2.24, 2.45) is 0 Å². The van der Waals surface area contributed by atoms with Gasteiger partial charge in [0.1, 0.15) is 5.82 Å². The molecule has 3 aromatic rings. The van der Waals surface area contributed by atoms with Crippen molar-refractivity contribution in [1.29, 1.82) is 0 Å². The lowest BCUT2D eigenvalue weighted by atomic mass is 10.1. The summed E-state index contributed by atoms with van der Waals surface area (Å²) in [4.78, 5) is 12.3. The molecule has 0 spiro atoms. The van der Waals surface area contributed by atoms with Crippen LogP contribution in [-0.2, 0) is 14.6 Å². The molecule has 1 N–H and O–H groups in total. The Labute approximate surface area is 168 Å². The zero-order valence-corrected chi connectivity index (χ0v) is 17.1. The molecule has 0 aliphatic rings. The third kappa shape index (κ3) is 4.71. The fourth-order valence-corrected chi connectivity index (χ4v) is 4.39. The van der Waals surface area contributed by atoms with E-state index in [1.54, 1.807) is 25.1 Å². The summed E-state index contributed by atoms with van der Waals surface area (Å²) in [7, 11) is -3.70. The van der Waals surface area contributed by atoms with Crippen LogP contribution in [0.1, 0.15) is 23.2 Å². The molecule has 0 bridgehead atoms. The summed E-state index contributed by atoms with van der Waals surface area (Å²) in [6.45, 7) is 5.37. The summed E-state index contributed by atoms with van der Waals surface area (Å²) in [5.41, 5.74) is 3.19. The van der Waals surface area contributed by atoms with Gasteiger partial charge in [0.25, 0.3) is 0 Å². The number of nitrogens with zero attached hydrogens (tertiary/aromatic N) is 1. The summed E-state index contributed by atoms with van der Waals surface area (Å²) >= 11 is 0. The molecule has 0 fully saturated rings. The van der Waals surface area contributed by atoms with Gasteiger partial charge in [0.05, 0.1) is 16.3 Å². The van der Waals surface area contributed by atoms with E-state index in [2.05, 4.69) is 10.5 Å². The molecule has 0 atom stereocenters. The van der Waals surface area contributed by atoms with E-state index in [4.69, 9.17) is 4.52 Å². The number of benzene rings is 2. The maximum absolute atomic E-state index is 12.9. The summed E-state index contributed by atoms with van der Waals surface area (Å²) < 4.78 is 44.0. The maximum Gasteiger partial charge on any atom is 0.225 e. The summed E-state index contributed by atoms with van der Waals surface area (Å²) in [6.07, 6.45) is -0.218. The van der Waals surface area contributed by atoms with E-state index in [0.29, 0.717) is 22.6 Å². The molecular formula is C21H21FN2O4S. The molecule has 0 radical (unpaired) electrons. The third-order valence-electron chi connectivity index (χ3n) is 4.67. The van der Waals surface area contributed by atoms with Crippen LogP contribution in [-0.4, -0.2) is 25.2 Å². The number of hydrogen-bond donors (Lipinski definition) is 1. The number of nitrogens with one attached hydrogen (secondary N) is 1. The Bertz CT molecular complexity index is 1150. The summed E-state index contributed by atoms with van der Waals surface area (Å²) in [5.74, 6) is -0.708.